The average molecular weight is 283 g/mol. The van der Waals surface area contributed by atoms with E-state index in [2.05, 4.69) is 36.2 Å². The van der Waals surface area contributed by atoms with Crippen molar-refractivity contribution in [2.45, 2.75) is 45.8 Å². The third kappa shape index (κ3) is 4.26. The zero-order valence-corrected chi connectivity index (χ0v) is 12.6. The Labute approximate surface area is 120 Å². The van der Waals surface area contributed by atoms with Gasteiger partial charge in [-0.15, -0.1) is 0 Å². The Morgan fingerprint density at radius 2 is 2.20 bits per heavy atom. The van der Waals surface area contributed by atoms with Gasteiger partial charge in [-0.25, -0.2) is 0 Å². The number of aromatic nitrogens is 2. The lowest BCUT2D eigenvalue weighted by molar-refractivity contribution is -0.0941. The summed E-state index contributed by atoms with van der Waals surface area (Å²) in [6.07, 6.45) is 1.67. The predicted molar refractivity (Wildman–Crippen MR) is 74.4 cm³/mol. The van der Waals surface area contributed by atoms with Crippen LogP contribution < -0.4 is 5.32 Å². The molecule has 20 heavy (non-hydrogen) atoms. The lowest BCUT2D eigenvalue weighted by Crippen LogP contribution is -2.36. The summed E-state index contributed by atoms with van der Waals surface area (Å²) in [5, 5.41) is 7.54. The maximum Gasteiger partial charge on any atom is 0.228 e. The van der Waals surface area contributed by atoms with E-state index >= 15 is 0 Å². The van der Waals surface area contributed by atoms with Crippen molar-refractivity contribution in [3.05, 3.63) is 11.7 Å². The molecule has 0 bridgehead atoms. The van der Waals surface area contributed by atoms with Crippen LogP contribution in [0.25, 0.3) is 0 Å². The smallest absolute Gasteiger partial charge is 0.228 e. The zero-order chi connectivity index (χ0) is 14.4. The van der Waals surface area contributed by atoms with Gasteiger partial charge in [0.25, 0.3) is 0 Å². The van der Waals surface area contributed by atoms with E-state index in [1.54, 1.807) is 0 Å². The van der Waals surface area contributed by atoms with Gasteiger partial charge >= 0.3 is 0 Å². The van der Waals surface area contributed by atoms with Crippen LogP contribution in [0.3, 0.4) is 0 Å². The van der Waals surface area contributed by atoms with Crippen LogP contribution >= 0.6 is 0 Å². The van der Waals surface area contributed by atoms with Crippen LogP contribution in [0.15, 0.2) is 4.52 Å². The highest BCUT2D eigenvalue weighted by Gasteiger charge is 2.24. The average Bonchev–Trinajstić information content (AvgIpc) is 2.92. The molecule has 1 N–H and O–H groups in total. The number of rotatable bonds is 7. The fraction of sp³-hybridized carbons (Fsp3) is 0.857. The van der Waals surface area contributed by atoms with Crippen molar-refractivity contribution in [3.8, 4) is 0 Å². The van der Waals surface area contributed by atoms with Gasteiger partial charge in [-0.1, -0.05) is 25.9 Å². The molecular weight excluding hydrogens is 258 g/mol. The summed E-state index contributed by atoms with van der Waals surface area (Å²) in [5.74, 6) is 1.78. The van der Waals surface area contributed by atoms with E-state index in [1.165, 1.54) is 0 Å². The quantitative estimate of drug-likeness (QED) is 0.821. The molecule has 0 saturated carbocycles. The molecule has 6 heteroatoms. The number of hydrogen-bond donors (Lipinski definition) is 1. The molecule has 1 aliphatic rings. The monoisotopic (exact) mass is 283 g/mol. The van der Waals surface area contributed by atoms with Crippen molar-refractivity contribution < 1.29 is 14.0 Å². The lowest BCUT2D eigenvalue weighted by atomic mass is 10.0. The Bertz CT molecular complexity index is 389. The van der Waals surface area contributed by atoms with Crippen molar-refractivity contribution >= 4 is 0 Å². The van der Waals surface area contributed by atoms with Crippen LogP contribution in [-0.4, -0.2) is 42.5 Å². The third-order valence-corrected chi connectivity index (χ3v) is 3.44. The molecule has 2 rings (SSSR count). The molecule has 2 atom stereocenters. The number of hydrogen-bond acceptors (Lipinski definition) is 6. The maximum absolute atomic E-state index is 5.57. The highest BCUT2D eigenvalue weighted by Crippen LogP contribution is 2.18. The topological polar surface area (TPSA) is 69.4 Å². The van der Waals surface area contributed by atoms with Crippen LogP contribution in [0, 0.1) is 5.92 Å². The molecular formula is C14H25N3O3. The number of ether oxygens (including phenoxy) is 2. The minimum atomic E-state index is -0.192. The second-order valence-corrected chi connectivity index (χ2v) is 5.49. The molecule has 0 aromatic carbocycles. The fourth-order valence-corrected chi connectivity index (χ4v) is 2.18. The van der Waals surface area contributed by atoms with Gasteiger partial charge in [0.15, 0.2) is 0 Å². The molecule has 2 heterocycles. The molecule has 0 aliphatic carbocycles. The summed E-state index contributed by atoms with van der Waals surface area (Å²) in [6, 6.07) is 0.353. The molecule has 1 aromatic heterocycles. The molecule has 6 nitrogen and oxygen atoms in total. The lowest BCUT2D eigenvalue weighted by Gasteiger charge is -2.20. The Hall–Kier alpha value is -0.980. The molecule has 2 unspecified atom stereocenters. The van der Waals surface area contributed by atoms with Crippen molar-refractivity contribution in [2.24, 2.45) is 5.92 Å². The maximum atomic E-state index is 5.57. The van der Waals surface area contributed by atoms with Crippen LogP contribution in [0.5, 0.6) is 0 Å². The Balaban J connectivity index is 1.93. The summed E-state index contributed by atoms with van der Waals surface area (Å²) >= 11 is 0. The third-order valence-electron chi connectivity index (χ3n) is 3.44. The highest BCUT2D eigenvalue weighted by molar-refractivity contribution is 4.94. The van der Waals surface area contributed by atoms with Gasteiger partial charge in [0.1, 0.15) is 6.10 Å². The molecule has 0 amide bonds. The van der Waals surface area contributed by atoms with Gasteiger partial charge in [-0.3, -0.25) is 0 Å². The van der Waals surface area contributed by atoms with E-state index in [9.17, 15) is 0 Å². The first-order valence-corrected chi connectivity index (χ1v) is 7.46. The van der Waals surface area contributed by atoms with E-state index in [-0.39, 0.29) is 6.10 Å². The normalized spacial score (nSPS) is 21.3. The summed E-state index contributed by atoms with van der Waals surface area (Å²) in [5.41, 5.74) is 0. The molecule has 1 aromatic rings. The number of nitrogens with one attached hydrogen (secondary N) is 1. The predicted octanol–water partition coefficient (Wildman–Crippen LogP) is 1.72. The summed E-state index contributed by atoms with van der Waals surface area (Å²) in [6.45, 7) is 9.28. The Morgan fingerprint density at radius 3 is 2.85 bits per heavy atom. The molecule has 1 aliphatic heterocycles. The minimum absolute atomic E-state index is 0.192. The first-order valence-electron chi connectivity index (χ1n) is 7.46. The number of nitrogens with zero attached hydrogens (tertiary/aromatic N) is 2. The highest BCUT2D eigenvalue weighted by atomic mass is 16.6. The van der Waals surface area contributed by atoms with Crippen LogP contribution in [0.1, 0.15) is 45.0 Å². The molecule has 0 radical (unpaired) electrons. The molecule has 1 saturated heterocycles. The SMILES string of the molecule is CCCNC(Cc1nc(C2COCCO2)no1)C(C)C. The van der Waals surface area contributed by atoms with Gasteiger partial charge in [-0.05, 0) is 18.9 Å². The van der Waals surface area contributed by atoms with Crippen LogP contribution in [0.4, 0.5) is 0 Å². The fourth-order valence-electron chi connectivity index (χ4n) is 2.18. The molecule has 114 valence electrons. The van der Waals surface area contributed by atoms with E-state index in [0.717, 1.165) is 19.4 Å². The summed E-state index contributed by atoms with van der Waals surface area (Å²) < 4.78 is 16.3. The Kier molecular flexibility index (Phi) is 5.94. The molecule has 1 fully saturated rings. The van der Waals surface area contributed by atoms with Crippen molar-refractivity contribution in [3.63, 3.8) is 0 Å². The summed E-state index contributed by atoms with van der Waals surface area (Å²) in [7, 11) is 0. The van der Waals surface area contributed by atoms with Gasteiger partial charge in [-0.2, -0.15) is 4.98 Å². The van der Waals surface area contributed by atoms with E-state index < -0.39 is 0 Å². The van der Waals surface area contributed by atoms with Crippen molar-refractivity contribution in [1.29, 1.82) is 0 Å². The second kappa shape index (κ2) is 7.71. The first-order chi connectivity index (χ1) is 9.70. The van der Waals surface area contributed by atoms with E-state index in [4.69, 9.17) is 14.0 Å². The van der Waals surface area contributed by atoms with Gasteiger partial charge in [0, 0.05) is 12.5 Å². The van der Waals surface area contributed by atoms with Gasteiger partial charge in [0.05, 0.1) is 19.8 Å². The van der Waals surface area contributed by atoms with Crippen LogP contribution in [-0.2, 0) is 15.9 Å². The second-order valence-electron chi connectivity index (χ2n) is 5.49. The van der Waals surface area contributed by atoms with Gasteiger partial charge in [0.2, 0.25) is 11.7 Å². The van der Waals surface area contributed by atoms with Crippen molar-refractivity contribution in [2.75, 3.05) is 26.4 Å². The minimum Gasteiger partial charge on any atom is -0.376 e. The van der Waals surface area contributed by atoms with E-state index in [0.29, 0.717) is 43.5 Å². The van der Waals surface area contributed by atoms with E-state index in [1.807, 2.05) is 0 Å². The van der Waals surface area contributed by atoms with Crippen LogP contribution in [0.2, 0.25) is 0 Å². The standard InChI is InChI=1S/C14H25N3O3/c1-4-5-15-11(10(2)3)8-13-16-14(17-20-13)12-9-18-6-7-19-12/h10-12,15H,4-9H2,1-3H3. The van der Waals surface area contributed by atoms with Gasteiger partial charge < -0.3 is 19.3 Å². The zero-order valence-electron chi connectivity index (χ0n) is 12.6. The summed E-state index contributed by atoms with van der Waals surface area (Å²) in [4.78, 5) is 4.44. The first kappa shape index (κ1) is 15.4. The van der Waals surface area contributed by atoms with Crippen molar-refractivity contribution in [1.82, 2.24) is 15.5 Å². The molecule has 0 spiro atoms. The largest absolute Gasteiger partial charge is 0.376 e. The Morgan fingerprint density at radius 1 is 1.35 bits per heavy atom.